The third kappa shape index (κ3) is 70.1. The Kier molecular flexibility index (Phi) is 27.8. The maximum atomic E-state index is 9.53. The summed E-state index contributed by atoms with van der Waals surface area (Å²) < 4.78 is 0. The molecule has 0 aliphatic rings. The van der Waals surface area contributed by atoms with Gasteiger partial charge in [0, 0.05) is 0 Å². The second-order valence-electron chi connectivity index (χ2n) is 2.45. The van der Waals surface area contributed by atoms with Gasteiger partial charge in [0.2, 0.25) is 0 Å². The summed E-state index contributed by atoms with van der Waals surface area (Å²) in [4.78, 5) is 0. The van der Waals surface area contributed by atoms with Crippen LogP contribution in [0.4, 0.5) is 0 Å². The summed E-state index contributed by atoms with van der Waals surface area (Å²) in [7, 11) is 0. The van der Waals surface area contributed by atoms with Crippen LogP contribution >= 0.6 is 0 Å². The molecule has 0 aromatic heterocycles. The van der Waals surface area contributed by atoms with Gasteiger partial charge in [0.15, 0.2) is 0 Å². The first-order valence-corrected chi connectivity index (χ1v) is 3.56. The van der Waals surface area contributed by atoms with Crippen LogP contribution in [0.3, 0.4) is 0 Å². The van der Waals surface area contributed by atoms with Crippen LogP contribution in [0.25, 0.3) is 0 Å². The number of hydrogen-bond acceptors (Lipinski definition) is 1. The van der Waals surface area contributed by atoms with Gasteiger partial charge in [-0.2, -0.15) is 5.92 Å². The SMILES string of the molecule is CCCC[O-].[CH2-]C(C)C.[Mg+2]. The molecule has 0 heterocycles. The molecule has 10 heavy (non-hydrogen) atoms. The van der Waals surface area contributed by atoms with E-state index >= 15 is 0 Å². The van der Waals surface area contributed by atoms with Crippen LogP contribution in [0.2, 0.25) is 0 Å². The number of hydrogen-bond donors (Lipinski definition) is 0. The maximum Gasteiger partial charge on any atom is 2.00 e. The van der Waals surface area contributed by atoms with E-state index in [2.05, 4.69) is 20.8 Å². The molecule has 0 bridgehead atoms. The standard InChI is InChI=1S/C4H9O.C4H9.Mg/c1-2-3-4-5;1-4(2)3;/h2-4H2,1H3;4H,1H2,2-3H3;/q2*-1;+2. The van der Waals surface area contributed by atoms with Crippen LogP contribution in [0.15, 0.2) is 0 Å². The summed E-state index contributed by atoms with van der Waals surface area (Å²) in [6.07, 6.45) is 1.86. The van der Waals surface area contributed by atoms with Crippen molar-refractivity contribution in [1.29, 1.82) is 0 Å². The molecule has 0 aromatic carbocycles. The minimum atomic E-state index is 0. The molecule has 0 saturated heterocycles. The molecule has 2 heteroatoms. The molecule has 0 N–H and O–H groups in total. The van der Waals surface area contributed by atoms with Crippen LogP contribution in [0.5, 0.6) is 0 Å². The monoisotopic (exact) mass is 154 g/mol. The van der Waals surface area contributed by atoms with Crippen molar-refractivity contribution >= 4 is 23.1 Å². The quantitative estimate of drug-likeness (QED) is 0.434. The molecule has 0 aromatic rings. The first-order chi connectivity index (χ1) is 4.15. The molecular weight excluding hydrogens is 136 g/mol. The Labute approximate surface area is 81.4 Å². The predicted molar refractivity (Wildman–Crippen MR) is 45.7 cm³/mol. The van der Waals surface area contributed by atoms with Gasteiger partial charge in [0.25, 0.3) is 0 Å². The molecule has 0 radical (unpaired) electrons. The van der Waals surface area contributed by atoms with E-state index in [0.29, 0.717) is 5.92 Å². The number of rotatable bonds is 2. The summed E-state index contributed by atoms with van der Waals surface area (Å²) in [5.74, 6) is 0.583. The van der Waals surface area contributed by atoms with Crippen molar-refractivity contribution in [3.8, 4) is 0 Å². The summed E-state index contributed by atoms with van der Waals surface area (Å²) in [6.45, 7) is 9.86. The average molecular weight is 155 g/mol. The summed E-state index contributed by atoms with van der Waals surface area (Å²) in [5, 5.41) is 9.53. The van der Waals surface area contributed by atoms with E-state index in [-0.39, 0.29) is 29.7 Å². The summed E-state index contributed by atoms with van der Waals surface area (Å²) in [5.41, 5.74) is 0. The predicted octanol–water partition coefficient (Wildman–Crippen LogP) is 1.24. The minimum Gasteiger partial charge on any atom is -0.854 e. The van der Waals surface area contributed by atoms with Crippen molar-refractivity contribution in [2.24, 2.45) is 5.92 Å². The molecular formula is C8H18MgO. The van der Waals surface area contributed by atoms with E-state index < -0.39 is 0 Å². The van der Waals surface area contributed by atoms with E-state index in [4.69, 9.17) is 0 Å². The van der Waals surface area contributed by atoms with E-state index in [9.17, 15) is 5.11 Å². The van der Waals surface area contributed by atoms with E-state index in [1.165, 1.54) is 0 Å². The zero-order chi connectivity index (χ0) is 7.70. The fourth-order valence-corrected chi connectivity index (χ4v) is 0.144. The van der Waals surface area contributed by atoms with Crippen molar-refractivity contribution in [3.63, 3.8) is 0 Å². The molecule has 0 spiro atoms. The Hall–Kier alpha value is 0.726. The maximum absolute atomic E-state index is 9.53. The van der Waals surface area contributed by atoms with Gasteiger partial charge in [-0.05, 0) is 0 Å². The summed E-state index contributed by atoms with van der Waals surface area (Å²) >= 11 is 0. The first-order valence-electron chi connectivity index (χ1n) is 3.56. The summed E-state index contributed by atoms with van der Waals surface area (Å²) in [6, 6.07) is 0. The van der Waals surface area contributed by atoms with Crippen molar-refractivity contribution in [1.82, 2.24) is 0 Å². The second kappa shape index (κ2) is 16.4. The van der Waals surface area contributed by atoms with Gasteiger partial charge in [-0.15, -0.1) is 6.61 Å². The van der Waals surface area contributed by atoms with Crippen molar-refractivity contribution in [3.05, 3.63) is 6.92 Å². The zero-order valence-electron chi connectivity index (χ0n) is 7.52. The fraction of sp³-hybridized carbons (Fsp3) is 0.875. The molecule has 1 nitrogen and oxygen atoms in total. The van der Waals surface area contributed by atoms with Crippen LogP contribution < -0.4 is 5.11 Å². The average Bonchev–Trinajstić information content (AvgIpc) is 1.66. The largest absolute Gasteiger partial charge is 2.00 e. The smallest absolute Gasteiger partial charge is 0.854 e. The normalized spacial score (nSPS) is 7.80. The van der Waals surface area contributed by atoms with Crippen molar-refractivity contribution in [2.45, 2.75) is 33.6 Å². The Morgan fingerprint density at radius 1 is 1.40 bits per heavy atom. The topological polar surface area (TPSA) is 23.1 Å². The molecule has 0 fully saturated rings. The third-order valence-corrected chi connectivity index (χ3v) is 0.498. The van der Waals surface area contributed by atoms with Gasteiger partial charge in [0.05, 0.1) is 0 Å². The van der Waals surface area contributed by atoms with Crippen molar-refractivity contribution < 1.29 is 5.11 Å². The van der Waals surface area contributed by atoms with Crippen LogP contribution in [-0.2, 0) is 0 Å². The van der Waals surface area contributed by atoms with Gasteiger partial charge in [-0.1, -0.05) is 33.6 Å². The van der Waals surface area contributed by atoms with Gasteiger partial charge in [-0.25, -0.2) is 0 Å². The molecule has 0 unspecified atom stereocenters. The second-order valence-corrected chi connectivity index (χ2v) is 2.45. The van der Waals surface area contributed by atoms with Gasteiger partial charge >= 0.3 is 23.1 Å². The Balaban J connectivity index is -0.0000000910. The molecule has 0 rings (SSSR count). The van der Waals surface area contributed by atoms with Crippen LogP contribution in [0, 0.1) is 12.8 Å². The fourth-order valence-electron chi connectivity index (χ4n) is 0.144. The van der Waals surface area contributed by atoms with Crippen LogP contribution in [-0.4, -0.2) is 29.7 Å². The zero-order valence-corrected chi connectivity index (χ0v) is 8.94. The Morgan fingerprint density at radius 2 is 1.70 bits per heavy atom. The van der Waals surface area contributed by atoms with Gasteiger partial charge in [-0.3, -0.25) is 0 Å². The van der Waals surface area contributed by atoms with Gasteiger partial charge < -0.3 is 12.0 Å². The molecule has 0 saturated carbocycles. The third-order valence-electron chi connectivity index (χ3n) is 0.498. The Bertz CT molecular complexity index is 33.5. The molecule has 0 aliphatic heterocycles. The van der Waals surface area contributed by atoms with E-state index in [0.717, 1.165) is 12.8 Å². The molecule has 0 aliphatic carbocycles. The Morgan fingerprint density at radius 3 is 1.70 bits per heavy atom. The van der Waals surface area contributed by atoms with E-state index in [1.807, 2.05) is 6.92 Å². The molecule has 0 amide bonds. The molecule has 0 atom stereocenters. The van der Waals surface area contributed by atoms with Gasteiger partial charge in [0.1, 0.15) is 0 Å². The molecule has 58 valence electrons. The first kappa shape index (κ1) is 17.0. The van der Waals surface area contributed by atoms with E-state index in [1.54, 1.807) is 0 Å². The van der Waals surface area contributed by atoms with Crippen molar-refractivity contribution in [2.75, 3.05) is 6.61 Å². The number of unbranched alkanes of at least 4 members (excludes halogenated alkanes) is 1. The minimum absolute atomic E-state index is 0. The van der Waals surface area contributed by atoms with Crippen LogP contribution in [0.1, 0.15) is 33.6 Å².